The van der Waals surface area contributed by atoms with Gasteiger partial charge in [-0.2, -0.15) is 8.42 Å². The highest BCUT2D eigenvalue weighted by molar-refractivity contribution is 7.90. The molecule has 0 aliphatic rings. The summed E-state index contributed by atoms with van der Waals surface area (Å²) in [6.45, 7) is 0.200. The van der Waals surface area contributed by atoms with Gasteiger partial charge in [0.1, 0.15) is 5.82 Å². The Balaban J connectivity index is 0.00000169. The van der Waals surface area contributed by atoms with Crippen LogP contribution in [0.3, 0.4) is 0 Å². The summed E-state index contributed by atoms with van der Waals surface area (Å²) < 4.78 is 23.4. The maximum absolute atomic E-state index is 10.7. The van der Waals surface area contributed by atoms with E-state index in [-0.39, 0.29) is 24.8 Å². The molecule has 80 valence electrons. The van der Waals surface area contributed by atoms with Crippen molar-refractivity contribution in [1.82, 2.24) is 4.98 Å². The van der Waals surface area contributed by atoms with Crippen LogP contribution in [-0.4, -0.2) is 13.4 Å². The molecule has 0 radical (unpaired) electrons. The van der Waals surface area contributed by atoms with E-state index in [4.69, 9.17) is 10.9 Å². The van der Waals surface area contributed by atoms with Crippen molar-refractivity contribution in [2.75, 3.05) is 4.72 Å². The van der Waals surface area contributed by atoms with E-state index in [1.165, 1.54) is 6.20 Å². The van der Waals surface area contributed by atoms with E-state index in [0.717, 1.165) is 0 Å². The first-order valence-electron chi connectivity index (χ1n) is 3.47. The van der Waals surface area contributed by atoms with Gasteiger partial charge in [-0.1, -0.05) is 6.07 Å². The number of pyridine rings is 1. The van der Waals surface area contributed by atoms with E-state index in [2.05, 4.69) is 9.71 Å². The Bertz CT molecular complexity index is 395. The van der Waals surface area contributed by atoms with E-state index in [1.54, 1.807) is 12.1 Å². The van der Waals surface area contributed by atoms with Gasteiger partial charge in [0.05, 0.1) is 0 Å². The highest BCUT2D eigenvalue weighted by atomic mass is 35.5. The van der Waals surface area contributed by atoms with Gasteiger partial charge in [0.15, 0.2) is 0 Å². The number of anilines is 1. The molecule has 0 atom stereocenters. The van der Waals surface area contributed by atoms with E-state index in [1.807, 2.05) is 0 Å². The molecule has 1 aromatic rings. The minimum absolute atomic E-state index is 0. The third-order valence-corrected chi connectivity index (χ3v) is 1.83. The smallest absolute Gasteiger partial charge is 0.297 e. The molecule has 5 N–H and O–H groups in total. The first kappa shape index (κ1) is 13.1. The molecule has 0 aromatic carbocycles. The van der Waals surface area contributed by atoms with Crippen molar-refractivity contribution in [2.45, 2.75) is 6.54 Å². The van der Waals surface area contributed by atoms with E-state index in [0.29, 0.717) is 5.56 Å². The van der Waals surface area contributed by atoms with E-state index in [9.17, 15) is 8.42 Å². The molecule has 1 aromatic heterocycles. The van der Waals surface area contributed by atoms with Crippen LogP contribution in [0.25, 0.3) is 0 Å². The molecule has 0 saturated heterocycles. The van der Waals surface area contributed by atoms with Gasteiger partial charge in [-0.05, 0) is 6.07 Å². The lowest BCUT2D eigenvalue weighted by molar-refractivity contribution is 0.602. The minimum atomic E-state index is -3.78. The Hall–Kier alpha value is -0.890. The summed E-state index contributed by atoms with van der Waals surface area (Å²) in [7, 11) is -3.78. The Morgan fingerprint density at radius 2 is 2.14 bits per heavy atom. The second kappa shape index (κ2) is 5.11. The summed E-state index contributed by atoms with van der Waals surface area (Å²) in [6.07, 6.45) is 1.45. The number of nitrogens with one attached hydrogen (secondary N) is 1. The van der Waals surface area contributed by atoms with Crippen LogP contribution in [0.2, 0.25) is 0 Å². The zero-order valence-corrected chi connectivity index (χ0v) is 8.81. The molecule has 0 amide bonds. The number of nitrogens with zero attached hydrogens (tertiary/aromatic N) is 1. The molecule has 0 spiro atoms. The molecule has 1 rings (SSSR count). The maximum atomic E-state index is 10.7. The molecule has 0 fully saturated rings. The minimum Gasteiger partial charge on any atom is -0.326 e. The molecule has 0 saturated carbocycles. The predicted octanol–water partition coefficient (Wildman–Crippen LogP) is -0.423. The predicted molar refractivity (Wildman–Crippen MR) is 56.1 cm³/mol. The lowest BCUT2D eigenvalue weighted by Gasteiger charge is -2.06. The summed E-state index contributed by atoms with van der Waals surface area (Å²) in [5.74, 6) is 0.174. The fraction of sp³-hybridized carbons (Fsp3) is 0.167. The Labute approximate surface area is 88.3 Å². The van der Waals surface area contributed by atoms with Crippen LogP contribution in [0.15, 0.2) is 18.3 Å². The quantitative estimate of drug-likeness (QED) is 0.664. The zero-order valence-electron chi connectivity index (χ0n) is 7.17. The average molecular weight is 239 g/mol. The van der Waals surface area contributed by atoms with Crippen molar-refractivity contribution in [3.05, 3.63) is 23.9 Å². The topological polar surface area (TPSA) is 111 Å². The van der Waals surface area contributed by atoms with E-state index >= 15 is 0 Å². The highest BCUT2D eigenvalue weighted by Crippen LogP contribution is 2.10. The number of hydrogen-bond donors (Lipinski definition) is 3. The second-order valence-electron chi connectivity index (χ2n) is 2.36. The van der Waals surface area contributed by atoms with Gasteiger partial charge in [0, 0.05) is 18.3 Å². The molecule has 0 aliphatic heterocycles. The van der Waals surface area contributed by atoms with Crippen molar-refractivity contribution in [2.24, 2.45) is 10.9 Å². The summed E-state index contributed by atoms with van der Waals surface area (Å²) in [4.78, 5) is 3.78. The van der Waals surface area contributed by atoms with Gasteiger partial charge in [0.25, 0.3) is 10.2 Å². The van der Waals surface area contributed by atoms with Gasteiger partial charge in [0.2, 0.25) is 0 Å². The van der Waals surface area contributed by atoms with Crippen molar-refractivity contribution in [3.8, 4) is 0 Å². The number of rotatable bonds is 3. The lowest BCUT2D eigenvalue weighted by Crippen LogP contribution is -2.23. The molecule has 14 heavy (non-hydrogen) atoms. The normalized spacial score (nSPS) is 10.4. The maximum Gasteiger partial charge on any atom is 0.297 e. The summed E-state index contributed by atoms with van der Waals surface area (Å²) in [5.41, 5.74) is 5.95. The Morgan fingerprint density at radius 3 is 2.64 bits per heavy atom. The van der Waals surface area contributed by atoms with Crippen molar-refractivity contribution in [1.29, 1.82) is 0 Å². The van der Waals surface area contributed by atoms with Crippen LogP contribution in [0, 0.1) is 0 Å². The summed E-state index contributed by atoms with van der Waals surface area (Å²) in [6, 6.07) is 3.33. The third kappa shape index (κ3) is 3.88. The van der Waals surface area contributed by atoms with Crippen molar-refractivity contribution >= 4 is 28.4 Å². The van der Waals surface area contributed by atoms with Crippen LogP contribution >= 0.6 is 12.4 Å². The molecule has 8 heteroatoms. The number of hydrogen-bond acceptors (Lipinski definition) is 4. The molecular formula is C6H11ClN4O2S. The van der Waals surface area contributed by atoms with Gasteiger partial charge in [-0.15, -0.1) is 12.4 Å². The molecule has 6 nitrogen and oxygen atoms in total. The zero-order chi connectivity index (χ0) is 9.90. The monoisotopic (exact) mass is 238 g/mol. The highest BCUT2D eigenvalue weighted by Gasteiger charge is 2.06. The van der Waals surface area contributed by atoms with Crippen LogP contribution in [0.1, 0.15) is 5.56 Å². The number of halogens is 1. The van der Waals surface area contributed by atoms with Gasteiger partial charge in [-0.3, -0.25) is 4.72 Å². The average Bonchev–Trinajstić information content (AvgIpc) is 2.02. The fourth-order valence-electron chi connectivity index (χ4n) is 0.830. The molecule has 0 bridgehead atoms. The van der Waals surface area contributed by atoms with Gasteiger partial charge < -0.3 is 5.73 Å². The van der Waals surface area contributed by atoms with E-state index < -0.39 is 10.2 Å². The molecular weight excluding hydrogens is 228 g/mol. The van der Waals surface area contributed by atoms with Crippen LogP contribution in [0.4, 0.5) is 5.82 Å². The molecule has 0 unspecified atom stereocenters. The molecule has 1 heterocycles. The van der Waals surface area contributed by atoms with Crippen LogP contribution in [0.5, 0.6) is 0 Å². The van der Waals surface area contributed by atoms with Crippen molar-refractivity contribution in [3.63, 3.8) is 0 Å². The van der Waals surface area contributed by atoms with Crippen LogP contribution < -0.4 is 15.6 Å². The standard InChI is InChI=1S/C6H10N4O2S.ClH/c7-4-5-2-1-3-9-6(5)10-13(8,11)12;/h1-3H,4,7H2,(H,9,10)(H2,8,11,12);1H. The molecule has 0 aliphatic carbocycles. The fourth-order valence-corrected chi connectivity index (χ4v) is 1.28. The first-order chi connectivity index (χ1) is 6.03. The first-order valence-corrected chi connectivity index (χ1v) is 5.02. The third-order valence-electron chi connectivity index (χ3n) is 1.35. The Morgan fingerprint density at radius 1 is 1.50 bits per heavy atom. The lowest BCUT2D eigenvalue weighted by atomic mass is 10.3. The SMILES string of the molecule is Cl.NCc1cccnc1NS(N)(=O)=O. The largest absolute Gasteiger partial charge is 0.326 e. The van der Waals surface area contributed by atoms with Crippen molar-refractivity contribution < 1.29 is 8.42 Å². The van der Waals surface area contributed by atoms with Gasteiger partial charge >= 0.3 is 0 Å². The second-order valence-corrected chi connectivity index (χ2v) is 3.66. The number of aromatic nitrogens is 1. The number of nitrogens with two attached hydrogens (primary N) is 2. The Kier molecular flexibility index (Phi) is 4.78. The van der Waals surface area contributed by atoms with Gasteiger partial charge in [-0.25, -0.2) is 10.1 Å². The summed E-state index contributed by atoms with van der Waals surface area (Å²) in [5, 5.41) is 4.77. The summed E-state index contributed by atoms with van der Waals surface area (Å²) >= 11 is 0. The van der Waals surface area contributed by atoms with Crippen LogP contribution in [-0.2, 0) is 16.8 Å².